The zero-order valence-corrected chi connectivity index (χ0v) is 13.8. The number of hydrogen-bond donors (Lipinski definition) is 1. The molecule has 0 saturated carbocycles. The van der Waals surface area contributed by atoms with Crippen molar-refractivity contribution < 1.29 is 4.79 Å². The lowest BCUT2D eigenvalue weighted by Crippen LogP contribution is -2.42. The first-order valence-corrected chi connectivity index (χ1v) is 8.03. The summed E-state index contributed by atoms with van der Waals surface area (Å²) in [5.74, 6) is 0.285. The smallest absolute Gasteiger partial charge is 0.223 e. The summed E-state index contributed by atoms with van der Waals surface area (Å²) in [6, 6.07) is 0.383. The van der Waals surface area contributed by atoms with Gasteiger partial charge in [0.15, 0.2) is 0 Å². The average Bonchev–Trinajstić information content (AvgIpc) is 3.05. The molecule has 0 radical (unpaired) electrons. The highest BCUT2D eigenvalue weighted by Gasteiger charge is 2.25. The first-order chi connectivity index (χ1) is 10.0. The second kappa shape index (κ2) is 7.07. The number of hydrogen-bond acceptors (Lipinski definition) is 3. The molecule has 1 fully saturated rings. The van der Waals surface area contributed by atoms with E-state index in [-0.39, 0.29) is 5.91 Å². The van der Waals surface area contributed by atoms with E-state index in [1.165, 1.54) is 11.3 Å². The van der Waals surface area contributed by atoms with Crippen molar-refractivity contribution in [3.8, 4) is 0 Å². The van der Waals surface area contributed by atoms with E-state index in [2.05, 4.69) is 29.2 Å². The van der Waals surface area contributed by atoms with E-state index in [0.717, 1.165) is 44.6 Å². The Balaban J connectivity index is 1.98. The Kier molecular flexibility index (Phi) is 5.39. The molecule has 1 aliphatic heterocycles. The van der Waals surface area contributed by atoms with Gasteiger partial charge < -0.3 is 10.2 Å². The van der Waals surface area contributed by atoms with Crippen molar-refractivity contribution in [2.24, 2.45) is 7.05 Å². The van der Waals surface area contributed by atoms with Gasteiger partial charge in [0.05, 0.1) is 5.69 Å². The molecule has 0 aromatic carbocycles. The molecule has 0 spiro atoms. The molecule has 1 aromatic heterocycles. The monoisotopic (exact) mass is 292 g/mol. The fraction of sp³-hybridized carbons (Fsp3) is 0.750. The third-order valence-electron chi connectivity index (χ3n) is 4.51. The van der Waals surface area contributed by atoms with E-state index in [4.69, 9.17) is 0 Å². The number of nitrogens with zero attached hydrogens (tertiary/aromatic N) is 3. The zero-order valence-electron chi connectivity index (χ0n) is 13.8. The second-order valence-corrected chi connectivity index (χ2v) is 6.01. The van der Waals surface area contributed by atoms with Crippen LogP contribution in [0.5, 0.6) is 0 Å². The molecule has 5 nitrogen and oxygen atoms in total. The normalized spacial score (nSPS) is 18.2. The Bertz CT molecular complexity index is 489. The molecule has 1 aliphatic rings. The highest BCUT2D eigenvalue weighted by Crippen LogP contribution is 2.17. The minimum atomic E-state index is 0.285. The van der Waals surface area contributed by atoms with Crippen LogP contribution in [0.1, 0.15) is 43.1 Å². The van der Waals surface area contributed by atoms with Gasteiger partial charge in [0, 0.05) is 38.3 Å². The Morgan fingerprint density at radius 2 is 2.24 bits per heavy atom. The molecule has 118 valence electrons. The highest BCUT2D eigenvalue weighted by molar-refractivity contribution is 5.77. The Labute approximate surface area is 127 Å². The highest BCUT2D eigenvalue weighted by atomic mass is 16.2. The summed E-state index contributed by atoms with van der Waals surface area (Å²) in [5.41, 5.74) is 3.45. The maximum atomic E-state index is 12.6. The minimum Gasteiger partial charge on any atom is -0.338 e. The minimum absolute atomic E-state index is 0.285. The Hall–Kier alpha value is -1.36. The first-order valence-electron chi connectivity index (χ1n) is 8.03. The average molecular weight is 292 g/mol. The summed E-state index contributed by atoms with van der Waals surface area (Å²) >= 11 is 0. The third-order valence-corrected chi connectivity index (χ3v) is 4.51. The van der Waals surface area contributed by atoms with Gasteiger partial charge in [0.25, 0.3) is 0 Å². The summed E-state index contributed by atoms with van der Waals surface area (Å²) < 4.78 is 1.90. The number of aryl methyl sites for hydroxylation is 2. The predicted octanol–water partition coefficient (Wildman–Crippen LogP) is 1.57. The van der Waals surface area contributed by atoms with Crippen molar-refractivity contribution in [1.82, 2.24) is 20.0 Å². The van der Waals surface area contributed by atoms with Gasteiger partial charge in [-0.3, -0.25) is 9.48 Å². The molecule has 2 rings (SSSR count). The molecular formula is C16H28N4O. The van der Waals surface area contributed by atoms with Gasteiger partial charge in [-0.25, -0.2) is 0 Å². The van der Waals surface area contributed by atoms with Crippen LogP contribution in [0.2, 0.25) is 0 Å². The molecular weight excluding hydrogens is 264 g/mol. The van der Waals surface area contributed by atoms with Gasteiger partial charge in [-0.1, -0.05) is 6.92 Å². The molecule has 2 heterocycles. The van der Waals surface area contributed by atoms with Gasteiger partial charge >= 0.3 is 0 Å². The van der Waals surface area contributed by atoms with Crippen LogP contribution in [0.4, 0.5) is 0 Å². The van der Waals surface area contributed by atoms with Crippen molar-refractivity contribution in [1.29, 1.82) is 0 Å². The molecule has 0 aliphatic carbocycles. The van der Waals surface area contributed by atoms with Crippen molar-refractivity contribution in [3.05, 3.63) is 17.0 Å². The van der Waals surface area contributed by atoms with E-state index in [1.807, 2.05) is 18.7 Å². The number of amides is 1. The molecule has 5 heteroatoms. The van der Waals surface area contributed by atoms with E-state index >= 15 is 0 Å². The number of aromatic nitrogens is 2. The topological polar surface area (TPSA) is 50.2 Å². The van der Waals surface area contributed by atoms with Gasteiger partial charge in [0.1, 0.15) is 0 Å². The fourth-order valence-electron chi connectivity index (χ4n) is 3.21. The third kappa shape index (κ3) is 3.64. The van der Waals surface area contributed by atoms with Crippen LogP contribution in [0.25, 0.3) is 0 Å². The van der Waals surface area contributed by atoms with Crippen LogP contribution in [0, 0.1) is 13.8 Å². The summed E-state index contributed by atoms with van der Waals surface area (Å²) in [6.07, 6.45) is 3.48. The van der Waals surface area contributed by atoms with Gasteiger partial charge in [-0.15, -0.1) is 0 Å². The van der Waals surface area contributed by atoms with E-state index in [0.29, 0.717) is 12.5 Å². The molecule has 0 bridgehead atoms. The maximum Gasteiger partial charge on any atom is 0.223 e. The molecule has 1 unspecified atom stereocenters. The predicted molar refractivity (Wildman–Crippen MR) is 84.3 cm³/mol. The van der Waals surface area contributed by atoms with Crippen molar-refractivity contribution in [2.45, 2.75) is 52.5 Å². The van der Waals surface area contributed by atoms with Crippen molar-refractivity contribution in [2.75, 3.05) is 19.6 Å². The molecule has 1 atom stereocenters. The van der Waals surface area contributed by atoms with Crippen LogP contribution in [0.3, 0.4) is 0 Å². The number of carbonyl (C=O) groups excluding carboxylic acids is 1. The lowest BCUT2D eigenvalue weighted by Gasteiger charge is -2.28. The Morgan fingerprint density at radius 1 is 1.48 bits per heavy atom. The second-order valence-electron chi connectivity index (χ2n) is 6.01. The van der Waals surface area contributed by atoms with Crippen LogP contribution in [-0.4, -0.2) is 46.3 Å². The van der Waals surface area contributed by atoms with Crippen LogP contribution >= 0.6 is 0 Å². The van der Waals surface area contributed by atoms with Crippen molar-refractivity contribution >= 4 is 5.91 Å². The van der Waals surface area contributed by atoms with Gasteiger partial charge in [0.2, 0.25) is 5.91 Å². The van der Waals surface area contributed by atoms with Crippen LogP contribution in [-0.2, 0) is 18.3 Å². The Morgan fingerprint density at radius 3 is 2.76 bits per heavy atom. The zero-order chi connectivity index (χ0) is 15.4. The maximum absolute atomic E-state index is 12.6. The molecule has 1 saturated heterocycles. The summed E-state index contributed by atoms with van der Waals surface area (Å²) in [6.45, 7) is 9.08. The lowest BCUT2D eigenvalue weighted by atomic mass is 10.1. The first kappa shape index (κ1) is 16.0. The van der Waals surface area contributed by atoms with Crippen LogP contribution < -0.4 is 5.32 Å². The molecule has 1 aromatic rings. The fourth-order valence-corrected chi connectivity index (χ4v) is 3.21. The summed E-state index contributed by atoms with van der Waals surface area (Å²) in [5, 5.41) is 7.78. The lowest BCUT2D eigenvalue weighted by molar-refractivity contribution is -0.133. The number of nitrogens with one attached hydrogen (secondary N) is 1. The van der Waals surface area contributed by atoms with E-state index < -0.39 is 0 Å². The quantitative estimate of drug-likeness (QED) is 0.866. The molecule has 21 heavy (non-hydrogen) atoms. The number of rotatable bonds is 6. The molecule has 1 N–H and O–H groups in total. The summed E-state index contributed by atoms with van der Waals surface area (Å²) in [4.78, 5) is 14.7. The van der Waals surface area contributed by atoms with Crippen molar-refractivity contribution in [3.63, 3.8) is 0 Å². The summed E-state index contributed by atoms with van der Waals surface area (Å²) in [7, 11) is 1.96. The van der Waals surface area contributed by atoms with E-state index in [1.54, 1.807) is 0 Å². The SMILES string of the molecule is CCCN(C(=O)CCc1c(C)nn(C)c1C)C1CCNC1. The largest absolute Gasteiger partial charge is 0.338 e. The molecule has 1 amide bonds. The van der Waals surface area contributed by atoms with Gasteiger partial charge in [-0.2, -0.15) is 5.10 Å². The van der Waals surface area contributed by atoms with Gasteiger partial charge in [-0.05, 0) is 45.2 Å². The number of carbonyl (C=O) groups is 1. The standard InChI is InChI=1S/C16H28N4O/c1-5-10-20(14-8-9-17-11-14)16(21)7-6-15-12(2)18-19(4)13(15)3/h14,17H,5-11H2,1-4H3. The van der Waals surface area contributed by atoms with E-state index in [9.17, 15) is 4.79 Å². The van der Waals surface area contributed by atoms with Crippen LogP contribution in [0.15, 0.2) is 0 Å².